The first-order chi connectivity index (χ1) is 44.0. The predicted molar refractivity (Wildman–Crippen MR) is 401 cm³/mol. The molecule has 13 heteroatoms. The van der Waals surface area contributed by atoms with E-state index in [9.17, 15) is 19.8 Å². The number of hydrogen-bond acceptors (Lipinski definition) is 9. The Morgan fingerprint density at radius 3 is 1.15 bits per heavy atom. The summed E-state index contributed by atoms with van der Waals surface area (Å²) in [5, 5.41) is 35.0. The molecule has 0 radical (unpaired) electrons. The standard InChI is InChI=1S/C30H42N2O3.C27H38N2O3.C23H37NO2.5CH4/c1-18-11-12-21-24-22(14-16-29(18,21)4)30(5)15-13-20(32-27(33)31-19-9-7-6-8-10-19)17-23(30)25-26(24)35-28(2,3)34-25;1-16-9-10-19-22-20(12-14-26(16,19)2)27(3)13-11-18(15-21(27)23(30)24(22)31)29-25(32)28-17-7-5-4-6-8-17;1-13-6-7-15-18-16(9-11-22(13,15)4)23(5)10-8-14(24)12-17(23)19-20(18)26-21(2,3)25-19;;;;;/h6-10,20-26H,1,11-17H2,2-5H3,(H2,31,32,33);4-8,18-24,30-31H,1,9-15H2,2-3H3,(H2,28,29,32);14-20H,1,6-12,24H2,2-5H3;5*1H4/t20-,21?,22?,23?,24?,25-,26-,29-,30-;18-,19?,20?,21?,22?,23-,24-,26-,27-;14-,15?,16?,17?,18?,19-,20-,22-,23-;;;;;/m111...../s1. The molecular weight excluding hydrogens is 1220 g/mol. The molecule has 2 aromatic carbocycles. The highest BCUT2D eigenvalue weighted by Crippen LogP contribution is 2.72. The molecule has 98 heavy (non-hydrogen) atoms. The maximum Gasteiger partial charge on any atom is 0.319 e. The first kappa shape index (κ1) is 78.1. The molecule has 0 spiro atoms. The molecule has 14 aliphatic rings. The maximum absolute atomic E-state index is 12.8. The molecule has 0 bridgehead atoms. The Labute approximate surface area is 594 Å². The molecule has 0 aromatic heterocycles. The molecule has 12 unspecified atom stereocenters. The highest BCUT2D eigenvalue weighted by atomic mass is 16.8. The zero-order chi connectivity index (χ0) is 65.7. The Hall–Kier alpha value is -4.08. The summed E-state index contributed by atoms with van der Waals surface area (Å²) in [6.07, 6.45) is 23.0. The number of nitrogens with one attached hydrogen (secondary N) is 4. The van der Waals surface area contributed by atoms with Crippen LogP contribution in [-0.4, -0.2) is 88.6 Å². The number of urea groups is 2. The topological polar surface area (TPSA) is 186 Å². The number of para-hydroxylation sites is 2. The van der Waals surface area contributed by atoms with E-state index in [2.05, 4.69) is 110 Å². The molecule has 8 N–H and O–H groups in total. The van der Waals surface area contributed by atoms with Crippen LogP contribution in [0.1, 0.15) is 241 Å². The number of carbonyl (C=O) groups is 2. The lowest BCUT2D eigenvalue weighted by molar-refractivity contribution is -0.211. The first-order valence-electron chi connectivity index (χ1n) is 37.1. The summed E-state index contributed by atoms with van der Waals surface area (Å²) in [7, 11) is 0. The summed E-state index contributed by atoms with van der Waals surface area (Å²) >= 11 is 0. The van der Waals surface area contributed by atoms with E-state index in [1.165, 1.54) is 74.5 Å². The summed E-state index contributed by atoms with van der Waals surface area (Å²) in [6.45, 7) is 36.5. The van der Waals surface area contributed by atoms with Gasteiger partial charge in [-0.1, -0.05) is 152 Å². The highest BCUT2D eigenvalue weighted by Gasteiger charge is 2.71. The first-order valence-corrected chi connectivity index (χ1v) is 37.1. The molecule has 4 amide bonds. The van der Waals surface area contributed by atoms with Crippen LogP contribution in [-0.2, 0) is 18.9 Å². The fraction of sp³-hybridized carbons (Fsp3) is 0.765. The third-order valence-corrected chi connectivity index (χ3v) is 30.5. The number of nitrogens with two attached hydrogens (primary N) is 1. The molecule has 12 aliphatic carbocycles. The van der Waals surface area contributed by atoms with Gasteiger partial charge in [0.05, 0.1) is 36.6 Å². The molecule has 550 valence electrons. The number of fused-ring (bicyclic) bond motifs is 21. The van der Waals surface area contributed by atoms with Crippen LogP contribution >= 0.6 is 0 Å². The van der Waals surface area contributed by atoms with Crippen molar-refractivity contribution in [3.63, 3.8) is 0 Å². The average Bonchev–Trinajstić information content (AvgIpc) is 1.41. The summed E-state index contributed by atoms with van der Waals surface area (Å²) in [6, 6.07) is 19.3. The van der Waals surface area contributed by atoms with Crippen LogP contribution in [0.3, 0.4) is 0 Å². The van der Waals surface area contributed by atoms with Crippen molar-refractivity contribution in [3.05, 3.63) is 97.1 Å². The van der Waals surface area contributed by atoms with Gasteiger partial charge in [-0.15, -0.1) is 0 Å². The smallest absolute Gasteiger partial charge is 0.319 e. The largest absolute Gasteiger partial charge is 0.390 e. The number of benzene rings is 2. The molecule has 2 aliphatic heterocycles. The second kappa shape index (κ2) is 28.2. The van der Waals surface area contributed by atoms with Gasteiger partial charge in [0.25, 0.3) is 0 Å². The van der Waals surface area contributed by atoms with Gasteiger partial charge in [-0.25, -0.2) is 9.59 Å². The minimum atomic E-state index is -0.737. The molecule has 14 fully saturated rings. The van der Waals surface area contributed by atoms with Crippen molar-refractivity contribution in [1.82, 2.24) is 10.6 Å². The van der Waals surface area contributed by atoms with Gasteiger partial charge in [-0.3, -0.25) is 0 Å². The van der Waals surface area contributed by atoms with E-state index in [-0.39, 0.29) is 119 Å². The molecule has 2 saturated heterocycles. The van der Waals surface area contributed by atoms with Gasteiger partial charge < -0.3 is 56.2 Å². The quantitative estimate of drug-likeness (QED) is 0.146. The second-order valence-electron chi connectivity index (χ2n) is 35.5. The van der Waals surface area contributed by atoms with Crippen LogP contribution in [0.25, 0.3) is 0 Å². The van der Waals surface area contributed by atoms with Crippen LogP contribution in [0.15, 0.2) is 97.1 Å². The van der Waals surface area contributed by atoms with Crippen LogP contribution < -0.4 is 27.0 Å². The number of aliphatic hydroxyl groups is 2. The minimum Gasteiger partial charge on any atom is -0.390 e. The number of rotatable bonds is 4. The zero-order valence-corrected chi connectivity index (χ0v) is 58.3. The monoisotopic (exact) mass is 1360 g/mol. The Bertz CT molecular complexity index is 3180. The van der Waals surface area contributed by atoms with Gasteiger partial charge >= 0.3 is 12.1 Å². The predicted octanol–water partition coefficient (Wildman–Crippen LogP) is 19.1. The third-order valence-electron chi connectivity index (χ3n) is 30.5. The Balaban J connectivity index is 0.000000169. The maximum atomic E-state index is 12.8. The summed E-state index contributed by atoms with van der Waals surface area (Å²) in [5.74, 6) is 4.83. The molecule has 2 heterocycles. The highest BCUT2D eigenvalue weighted by molar-refractivity contribution is 5.90. The average molecular weight is 1360 g/mol. The lowest BCUT2D eigenvalue weighted by Gasteiger charge is -2.63. The molecule has 2 aromatic rings. The summed E-state index contributed by atoms with van der Waals surface area (Å²) in [5.41, 5.74) is 13.6. The van der Waals surface area contributed by atoms with Crippen molar-refractivity contribution in [3.8, 4) is 0 Å². The van der Waals surface area contributed by atoms with Gasteiger partial charge in [0.2, 0.25) is 0 Å². The van der Waals surface area contributed by atoms with Crippen LogP contribution in [0.2, 0.25) is 0 Å². The van der Waals surface area contributed by atoms with E-state index in [1.807, 2.05) is 60.7 Å². The number of allylic oxidation sites excluding steroid dienone is 3. The lowest BCUT2D eigenvalue weighted by atomic mass is 9.43. The van der Waals surface area contributed by atoms with Crippen molar-refractivity contribution in [2.45, 2.75) is 308 Å². The van der Waals surface area contributed by atoms with Gasteiger partial charge in [0, 0.05) is 29.5 Å². The van der Waals surface area contributed by atoms with Crippen LogP contribution in [0.4, 0.5) is 21.0 Å². The Morgan fingerprint density at radius 1 is 0.408 bits per heavy atom. The number of carbonyl (C=O) groups excluding carboxylic acids is 2. The SMILES string of the molecule is C.C.C.C.C.C=C1CCC2C3C(CC[C@]12C)[C@@]1(C)CC[C@@H](N)CC1[C@H]1OC(C)(C)O[C@H]31.C=C1CCC2C3C(CC[C@]12C)[C@@]1(C)CC[C@@H](NC(=O)Nc2ccccc2)CC1[C@@H](O)[C@@H]3O.C=C1CCC2C3C(CC[C@]12C)[C@@]1(C)CC[C@@H](NC(=O)Nc2ccccc2)CC1[C@H]1OC(C)(C)O[C@H]31. The van der Waals surface area contributed by atoms with E-state index in [1.54, 1.807) is 0 Å². The number of hydrogen-bond donors (Lipinski definition) is 7. The number of aliphatic hydroxyl groups excluding tert-OH is 2. The van der Waals surface area contributed by atoms with Crippen molar-refractivity contribution < 1.29 is 38.7 Å². The van der Waals surface area contributed by atoms with E-state index in [0.29, 0.717) is 70.1 Å². The Morgan fingerprint density at radius 2 is 0.745 bits per heavy atom. The summed E-state index contributed by atoms with van der Waals surface area (Å²) < 4.78 is 26.7. The van der Waals surface area contributed by atoms with Gasteiger partial charge in [0.15, 0.2) is 11.6 Å². The van der Waals surface area contributed by atoms with Crippen molar-refractivity contribution in [2.75, 3.05) is 10.6 Å². The lowest BCUT2D eigenvalue weighted by Crippen LogP contribution is -2.64. The molecule has 12 saturated carbocycles. The molecule has 13 nitrogen and oxygen atoms in total. The number of anilines is 2. The second-order valence-corrected chi connectivity index (χ2v) is 35.5. The van der Waals surface area contributed by atoms with E-state index in [4.69, 9.17) is 24.7 Å². The van der Waals surface area contributed by atoms with Gasteiger partial charge in [-0.05, 0) is 290 Å². The van der Waals surface area contributed by atoms with Crippen molar-refractivity contribution in [2.24, 2.45) is 109 Å². The van der Waals surface area contributed by atoms with Crippen LogP contribution in [0, 0.1) is 104 Å². The van der Waals surface area contributed by atoms with Gasteiger partial charge in [0.1, 0.15) is 0 Å². The van der Waals surface area contributed by atoms with E-state index < -0.39 is 23.8 Å². The number of amides is 4. The van der Waals surface area contributed by atoms with Crippen molar-refractivity contribution >= 4 is 23.4 Å². The Kier molecular flexibility index (Phi) is 22.4. The zero-order valence-electron chi connectivity index (χ0n) is 58.3. The van der Waals surface area contributed by atoms with E-state index >= 15 is 0 Å². The van der Waals surface area contributed by atoms with E-state index in [0.717, 1.165) is 94.3 Å². The van der Waals surface area contributed by atoms with Crippen molar-refractivity contribution in [1.29, 1.82) is 0 Å². The normalized spacial score (nSPS) is 46.5. The molecular formula is C85H137N5O8. The number of ether oxygens (including phenoxy) is 4. The fourth-order valence-corrected chi connectivity index (χ4v) is 25.4. The minimum absolute atomic E-state index is 0. The van der Waals surface area contributed by atoms with Gasteiger partial charge in [-0.2, -0.15) is 0 Å². The summed E-state index contributed by atoms with van der Waals surface area (Å²) in [4.78, 5) is 25.3. The molecule has 16 rings (SSSR count). The van der Waals surface area contributed by atoms with Crippen LogP contribution in [0.5, 0.6) is 0 Å². The fourth-order valence-electron chi connectivity index (χ4n) is 25.4. The third kappa shape index (κ3) is 12.9. The molecule has 27 atom stereocenters.